The number of halogens is 1. The van der Waals surface area contributed by atoms with Crippen molar-refractivity contribution in [3.63, 3.8) is 0 Å². The van der Waals surface area contributed by atoms with Gasteiger partial charge in [-0.1, -0.05) is 29.8 Å². The van der Waals surface area contributed by atoms with Gasteiger partial charge in [0.1, 0.15) is 0 Å². The van der Waals surface area contributed by atoms with E-state index >= 15 is 0 Å². The lowest BCUT2D eigenvalue weighted by Crippen LogP contribution is -2.38. The van der Waals surface area contributed by atoms with Gasteiger partial charge in [0.25, 0.3) is 0 Å². The van der Waals surface area contributed by atoms with Gasteiger partial charge >= 0.3 is 0 Å². The average molecular weight is 317 g/mol. The molecule has 0 atom stereocenters. The van der Waals surface area contributed by atoms with Gasteiger partial charge in [-0.15, -0.1) is 0 Å². The molecule has 2 rings (SSSR count). The number of aromatic nitrogens is 1. The molecule has 0 saturated carbocycles. The first-order valence-electron chi connectivity index (χ1n) is 7.17. The van der Waals surface area contributed by atoms with Crippen molar-refractivity contribution in [2.45, 2.75) is 20.0 Å². The van der Waals surface area contributed by atoms with E-state index in [4.69, 9.17) is 11.6 Å². The molecule has 0 radical (unpaired) electrons. The van der Waals surface area contributed by atoms with Gasteiger partial charge in [0.15, 0.2) is 5.96 Å². The van der Waals surface area contributed by atoms with Crippen LogP contribution in [-0.4, -0.2) is 29.9 Å². The van der Waals surface area contributed by atoms with Crippen LogP contribution in [-0.2, 0) is 13.1 Å². The molecule has 116 valence electrons. The van der Waals surface area contributed by atoms with E-state index in [2.05, 4.69) is 39.2 Å². The summed E-state index contributed by atoms with van der Waals surface area (Å²) in [7, 11) is 3.78. The summed E-state index contributed by atoms with van der Waals surface area (Å²) < 4.78 is 0. The third-order valence-corrected chi connectivity index (χ3v) is 3.65. The van der Waals surface area contributed by atoms with Crippen molar-refractivity contribution in [2.24, 2.45) is 4.99 Å². The van der Waals surface area contributed by atoms with E-state index in [1.165, 1.54) is 5.56 Å². The quantitative estimate of drug-likeness (QED) is 0.695. The zero-order valence-corrected chi connectivity index (χ0v) is 13.9. The molecule has 0 bridgehead atoms. The van der Waals surface area contributed by atoms with E-state index in [9.17, 15) is 0 Å². The van der Waals surface area contributed by atoms with Crippen molar-refractivity contribution in [1.82, 2.24) is 15.2 Å². The molecule has 0 aliphatic heterocycles. The second-order valence-electron chi connectivity index (χ2n) is 5.15. The minimum absolute atomic E-state index is 0.652. The number of aryl methyl sites for hydroxylation is 1. The number of hydrogen-bond acceptors (Lipinski definition) is 2. The van der Waals surface area contributed by atoms with E-state index in [0.29, 0.717) is 6.54 Å². The number of rotatable bonds is 4. The molecule has 5 heteroatoms. The number of guanidine groups is 1. The van der Waals surface area contributed by atoms with Crippen LogP contribution in [0.1, 0.15) is 16.8 Å². The second-order valence-corrected chi connectivity index (χ2v) is 5.59. The molecule has 0 spiro atoms. The number of pyridine rings is 1. The Balaban J connectivity index is 1.98. The highest BCUT2D eigenvalue weighted by Gasteiger charge is 2.08. The van der Waals surface area contributed by atoms with E-state index in [-0.39, 0.29) is 0 Å². The third kappa shape index (κ3) is 4.46. The summed E-state index contributed by atoms with van der Waals surface area (Å²) in [6, 6.07) is 11.9. The van der Waals surface area contributed by atoms with Crippen molar-refractivity contribution in [3.05, 3.63) is 64.4 Å². The molecule has 2 aromatic rings. The molecule has 22 heavy (non-hydrogen) atoms. The molecule has 0 aliphatic rings. The Morgan fingerprint density at radius 3 is 2.82 bits per heavy atom. The molecular formula is C17H21ClN4. The Bertz CT molecular complexity index is 655. The lowest BCUT2D eigenvalue weighted by molar-refractivity contribution is 0.476. The van der Waals surface area contributed by atoms with Crippen LogP contribution >= 0.6 is 11.6 Å². The summed E-state index contributed by atoms with van der Waals surface area (Å²) in [5.41, 5.74) is 3.34. The Morgan fingerprint density at radius 1 is 1.32 bits per heavy atom. The third-order valence-electron chi connectivity index (χ3n) is 3.41. The molecule has 0 amide bonds. The van der Waals surface area contributed by atoms with Gasteiger partial charge in [-0.05, 0) is 36.2 Å². The molecule has 1 aromatic heterocycles. The fourth-order valence-corrected chi connectivity index (χ4v) is 2.45. The Morgan fingerprint density at radius 2 is 2.14 bits per heavy atom. The fourth-order valence-electron chi connectivity index (χ4n) is 2.24. The maximum absolute atomic E-state index is 6.03. The van der Waals surface area contributed by atoms with Gasteiger partial charge in [-0.2, -0.15) is 0 Å². The lowest BCUT2D eigenvalue weighted by Gasteiger charge is -2.22. The molecule has 0 unspecified atom stereocenters. The monoisotopic (exact) mass is 316 g/mol. The maximum Gasteiger partial charge on any atom is 0.194 e. The summed E-state index contributed by atoms with van der Waals surface area (Å²) in [5.74, 6) is 0.824. The van der Waals surface area contributed by atoms with Crippen molar-refractivity contribution >= 4 is 17.6 Å². The Kier molecular flexibility index (Phi) is 5.78. The smallest absolute Gasteiger partial charge is 0.194 e. The Hall–Kier alpha value is -2.07. The number of nitrogens with one attached hydrogen (secondary N) is 1. The molecule has 1 heterocycles. The fraction of sp³-hybridized carbons (Fsp3) is 0.294. The summed E-state index contributed by atoms with van der Waals surface area (Å²) in [6.45, 7) is 3.45. The van der Waals surface area contributed by atoms with Crippen LogP contribution in [0.5, 0.6) is 0 Å². The first-order chi connectivity index (χ1) is 10.6. The van der Waals surface area contributed by atoms with Crippen molar-refractivity contribution in [1.29, 1.82) is 0 Å². The highest BCUT2D eigenvalue weighted by atomic mass is 35.5. The molecule has 1 N–H and O–H groups in total. The minimum atomic E-state index is 0.652. The molecule has 0 aliphatic carbocycles. The largest absolute Gasteiger partial charge is 0.351 e. The van der Waals surface area contributed by atoms with Crippen molar-refractivity contribution in [3.8, 4) is 0 Å². The van der Waals surface area contributed by atoms with E-state index in [1.54, 1.807) is 7.05 Å². The molecule has 0 saturated heterocycles. The minimum Gasteiger partial charge on any atom is -0.351 e. The zero-order chi connectivity index (χ0) is 15.9. The predicted octanol–water partition coefficient (Wildman–Crippen LogP) is 3.25. The summed E-state index contributed by atoms with van der Waals surface area (Å²) in [5, 5.41) is 4.09. The summed E-state index contributed by atoms with van der Waals surface area (Å²) in [6.07, 6.45) is 1.81. The zero-order valence-electron chi connectivity index (χ0n) is 13.2. The molecular weight excluding hydrogens is 296 g/mol. The number of benzene rings is 1. The second kappa shape index (κ2) is 7.80. The van der Waals surface area contributed by atoms with Crippen molar-refractivity contribution in [2.75, 3.05) is 14.1 Å². The maximum atomic E-state index is 6.03. The Labute approximate surface area is 136 Å². The summed E-state index contributed by atoms with van der Waals surface area (Å²) >= 11 is 6.03. The average Bonchev–Trinajstić information content (AvgIpc) is 2.49. The van der Waals surface area contributed by atoms with Crippen LogP contribution in [0.3, 0.4) is 0 Å². The van der Waals surface area contributed by atoms with Crippen LogP contribution < -0.4 is 5.32 Å². The van der Waals surface area contributed by atoms with E-state index in [0.717, 1.165) is 28.8 Å². The number of nitrogens with zero attached hydrogens (tertiary/aromatic N) is 3. The normalized spacial score (nSPS) is 11.4. The van der Waals surface area contributed by atoms with Crippen LogP contribution in [0, 0.1) is 6.92 Å². The molecule has 4 nitrogen and oxygen atoms in total. The van der Waals surface area contributed by atoms with Gasteiger partial charge in [0.2, 0.25) is 0 Å². The SMILES string of the molecule is CN=C(NCc1ncccc1C)N(C)Cc1cccc(Cl)c1. The topological polar surface area (TPSA) is 40.5 Å². The number of aliphatic imine (C=N–C) groups is 1. The van der Waals surface area contributed by atoms with Gasteiger partial charge in [-0.3, -0.25) is 9.98 Å². The first-order valence-corrected chi connectivity index (χ1v) is 7.54. The van der Waals surface area contributed by atoms with Crippen LogP contribution in [0.4, 0.5) is 0 Å². The van der Waals surface area contributed by atoms with E-state index < -0.39 is 0 Å². The molecule has 1 aromatic carbocycles. The van der Waals surface area contributed by atoms with Gasteiger partial charge in [0, 0.05) is 31.9 Å². The van der Waals surface area contributed by atoms with Gasteiger partial charge in [-0.25, -0.2) is 0 Å². The van der Waals surface area contributed by atoms with Crippen LogP contribution in [0.25, 0.3) is 0 Å². The van der Waals surface area contributed by atoms with Crippen LogP contribution in [0.2, 0.25) is 5.02 Å². The number of hydrogen-bond donors (Lipinski definition) is 1. The van der Waals surface area contributed by atoms with Crippen LogP contribution in [0.15, 0.2) is 47.6 Å². The standard InChI is InChI=1S/C17H21ClN4/c1-13-6-5-9-20-16(13)11-21-17(19-2)22(3)12-14-7-4-8-15(18)10-14/h4-10H,11-12H2,1-3H3,(H,19,21). The first kappa shape index (κ1) is 16.3. The predicted molar refractivity (Wildman–Crippen MR) is 92.1 cm³/mol. The lowest BCUT2D eigenvalue weighted by atomic mass is 10.2. The summed E-state index contributed by atoms with van der Waals surface area (Å²) in [4.78, 5) is 10.8. The van der Waals surface area contributed by atoms with Gasteiger partial charge < -0.3 is 10.2 Å². The van der Waals surface area contributed by atoms with E-state index in [1.807, 2.05) is 37.5 Å². The van der Waals surface area contributed by atoms with Gasteiger partial charge in [0.05, 0.1) is 12.2 Å². The van der Waals surface area contributed by atoms with Crippen molar-refractivity contribution < 1.29 is 0 Å². The highest BCUT2D eigenvalue weighted by molar-refractivity contribution is 6.30. The molecule has 0 fully saturated rings. The highest BCUT2D eigenvalue weighted by Crippen LogP contribution is 2.12.